The molecular formula is C26H33N5O. The van der Waals surface area contributed by atoms with Crippen LogP contribution in [0.1, 0.15) is 48.6 Å². The van der Waals surface area contributed by atoms with Crippen LogP contribution in [0.4, 0.5) is 0 Å². The largest absolute Gasteiger partial charge is 0.373 e. The minimum absolute atomic E-state index is 0.104. The molecule has 0 saturated carbocycles. The number of ether oxygens (including phenoxy) is 1. The fraction of sp³-hybridized carbons (Fsp3) is 0.385. The zero-order chi connectivity index (χ0) is 22.3. The van der Waals surface area contributed by atoms with Gasteiger partial charge >= 0.3 is 0 Å². The van der Waals surface area contributed by atoms with Crippen molar-refractivity contribution in [3.8, 4) is 5.69 Å². The molecule has 4 rings (SSSR count). The molecular weight excluding hydrogens is 398 g/mol. The highest BCUT2D eigenvalue weighted by molar-refractivity contribution is 5.80. The van der Waals surface area contributed by atoms with Crippen molar-refractivity contribution < 1.29 is 4.74 Å². The smallest absolute Gasteiger partial charge is 0.191 e. The molecule has 0 aliphatic carbocycles. The van der Waals surface area contributed by atoms with Crippen LogP contribution in [-0.4, -0.2) is 35.9 Å². The van der Waals surface area contributed by atoms with Gasteiger partial charge in [0.15, 0.2) is 5.96 Å². The van der Waals surface area contributed by atoms with Gasteiger partial charge in [-0.2, -0.15) is 5.10 Å². The lowest BCUT2D eigenvalue weighted by Crippen LogP contribution is -2.42. The summed E-state index contributed by atoms with van der Waals surface area (Å²) in [6.07, 6.45) is 6.10. The van der Waals surface area contributed by atoms with E-state index in [-0.39, 0.29) is 12.1 Å². The van der Waals surface area contributed by atoms with Gasteiger partial charge in [-0.3, -0.25) is 4.99 Å². The number of hydrogen-bond acceptors (Lipinski definition) is 3. The molecule has 1 aliphatic rings. The second kappa shape index (κ2) is 10.5. The third kappa shape index (κ3) is 5.37. The van der Waals surface area contributed by atoms with Crippen molar-refractivity contribution in [2.24, 2.45) is 10.9 Å². The summed E-state index contributed by atoms with van der Waals surface area (Å²) in [6.45, 7) is 5.91. The van der Waals surface area contributed by atoms with Crippen molar-refractivity contribution in [3.05, 3.63) is 83.7 Å². The zero-order valence-electron chi connectivity index (χ0n) is 19.2. The quantitative estimate of drug-likeness (QED) is 0.443. The lowest BCUT2D eigenvalue weighted by Gasteiger charge is -2.33. The molecule has 2 heterocycles. The maximum Gasteiger partial charge on any atom is 0.191 e. The third-order valence-corrected chi connectivity index (χ3v) is 6.10. The molecule has 1 saturated heterocycles. The van der Waals surface area contributed by atoms with E-state index < -0.39 is 0 Å². The topological polar surface area (TPSA) is 63.5 Å². The molecule has 2 aromatic carbocycles. The highest BCUT2D eigenvalue weighted by Gasteiger charge is 2.27. The van der Waals surface area contributed by atoms with Crippen molar-refractivity contribution in [1.29, 1.82) is 0 Å². The van der Waals surface area contributed by atoms with Crippen LogP contribution in [0.3, 0.4) is 0 Å². The predicted octanol–water partition coefficient (Wildman–Crippen LogP) is 4.57. The molecule has 1 fully saturated rings. The van der Waals surface area contributed by atoms with E-state index in [0.29, 0.717) is 5.92 Å². The Morgan fingerprint density at radius 2 is 2.06 bits per heavy atom. The normalized spacial score (nSPS) is 20.0. The summed E-state index contributed by atoms with van der Waals surface area (Å²) in [6, 6.07) is 19.2. The van der Waals surface area contributed by atoms with Gasteiger partial charge in [0.05, 0.1) is 17.8 Å². The molecule has 2 N–H and O–H groups in total. The zero-order valence-corrected chi connectivity index (χ0v) is 19.2. The number of rotatable bonds is 6. The SMILES string of the molecule is CN=C(NCC1CCCOC1c1ccc(C)cc1)NC(C)c1cccc(-n2cccn2)c1. The number of benzene rings is 2. The molecule has 6 nitrogen and oxygen atoms in total. The van der Waals surface area contributed by atoms with Gasteiger partial charge in [-0.15, -0.1) is 0 Å². The lowest BCUT2D eigenvalue weighted by molar-refractivity contribution is -0.0265. The van der Waals surface area contributed by atoms with Crippen molar-refractivity contribution in [2.75, 3.05) is 20.2 Å². The van der Waals surface area contributed by atoms with Crippen LogP contribution >= 0.6 is 0 Å². The number of aryl methyl sites for hydroxylation is 1. The van der Waals surface area contributed by atoms with Gasteiger partial charge in [0.25, 0.3) is 0 Å². The summed E-state index contributed by atoms with van der Waals surface area (Å²) in [5.41, 5.74) is 4.76. The summed E-state index contributed by atoms with van der Waals surface area (Å²) < 4.78 is 8.05. The van der Waals surface area contributed by atoms with E-state index >= 15 is 0 Å². The van der Waals surface area contributed by atoms with Crippen LogP contribution in [0.15, 0.2) is 72.0 Å². The number of aliphatic imine (C=N–C) groups is 1. The van der Waals surface area contributed by atoms with Crippen LogP contribution in [0.2, 0.25) is 0 Å². The molecule has 6 heteroatoms. The van der Waals surface area contributed by atoms with Crippen LogP contribution in [0.5, 0.6) is 0 Å². The first-order valence-electron chi connectivity index (χ1n) is 11.4. The van der Waals surface area contributed by atoms with Gasteiger partial charge in [0.2, 0.25) is 0 Å². The van der Waals surface area contributed by atoms with E-state index in [1.165, 1.54) is 16.7 Å². The van der Waals surface area contributed by atoms with Crippen LogP contribution < -0.4 is 10.6 Å². The Balaban J connectivity index is 1.38. The number of nitrogens with zero attached hydrogens (tertiary/aromatic N) is 3. The Bertz CT molecular complexity index is 1010. The Morgan fingerprint density at radius 1 is 1.22 bits per heavy atom. The first kappa shape index (κ1) is 22.1. The van der Waals surface area contributed by atoms with Crippen molar-refractivity contribution in [2.45, 2.75) is 38.8 Å². The van der Waals surface area contributed by atoms with Gasteiger partial charge in [-0.1, -0.05) is 42.0 Å². The minimum atomic E-state index is 0.104. The maximum atomic E-state index is 6.17. The second-order valence-electron chi connectivity index (χ2n) is 8.47. The monoisotopic (exact) mass is 431 g/mol. The Morgan fingerprint density at radius 3 is 2.81 bits per heavy atom. The van der Waals surface area contributed by atoms with E-state index in [1.54, 1.807) is 6.20 Å². The number of nitrogens with one attached hydrogen (secondary N) is 2. The molecule has 0 spiro atoms. The van der Waals surface area contributed by atoms with Gasteiger partial charge in [0.1, 0.15) is 0 Å². The van der Waals surface area contributed by atoms with E-state index in [4.69, 9.17) is 4.74 Å². The van der Waals surface area contributed by atoms with Crippen LogP contribution in [0, 0.1) is 12.8 Å². The highest BCUT2D eigenvalue weighted by Crippen LogP contribution is 2.33. The van der Waals surface area contributed by atoms with Crippen molar-refractivity contribution in [3.63, 3.8) is 0 Å². The molecule has 0 amide bonds. The van der Waals surface area contributed by atoms with Gasteiger partial charge in [0, 0.05) is 38.5 Å². The maximum absolute atomic E-state index is 6.17. The van der Waals surface area contributed by atoms with Gasteiger partial charge < -0.3 is 15.4 Å². The molecule has 1 aliphatic heterocycles. The molecule has 3 aromatic rings. The summed E-state index contributed by atoms with van der Waals surface area (Å²) in [5.74, 6) is 1.21. The summed E-state index contributed by atoms with van der Waals surface area (Å²) in [4.78, 5) is 4.46. The first-order valence-corrected chi connectivity index (χ1v) is 11.4. The average molecular weight is 432 g/mol. The van der Waals surface area contributed by atoms with E-state index in [1.807, 2.05) is 24.0 Å². The Hall–Kier alpha value is -3.12. The van der Waals surface area contributed by atoms with Crippen molar-refractivity contribution in [1.82, 2.24) is 20.4 Å². The van der Waals surface area contributed by atoms with Crippen molar-refractivity contribution >= 4 is 5.96 Å². The standard InChI is InChI=1S/C26H33N5O/c1-19-10-12-21(13-11-19)25-23(8-5-16-32-25)18-28-26(27-3)30-20(2)22-7-4-9-24(17-22)31-15-6-14-29-31/h4,6-7,9-15,17,20,23,25H,5,8,16,18H2,1-3H3,(H2,27,28,30). The van der Waals surface area contributed by atoms with E-state index in [0.717, 1.165) is 37.6 Å². The molecule has 3 unspecified atom stereocenters. The molecule has 168 valence electrons. The summed E-state index contributed by atoms with van der Waals surface area (Å²) >= 11 is 0. The minimum Gasteiger partial charge on any atom is -0.373 e. The van der Waals surface area contributed by atoms with Crippen LogP contribution in [-0.2, 0) is 4.74 Å². The third-order valence-electron chi connectivity index (χ3n) is 6.10. The fourth-order valence-electron chi connectivity index (χ4n) is 4.25. The Labute approximate surface area is 190 Å². The van der Waals surface area contributed by atoms with Gasteiger partial charge in [-0.25, -0.2) is 4.68 Å². The molecule has 0 radical (unpaired) electrons. The lowest BCUT2D eigenvalue weighted by atomic mass is 9.89. The molecule has 1 aromatic heterocycles. The van der Waals surface area contributed by atoms with Crippen LogP contribution in [0.25, 0.3) is 5.69 Å². The van der Waals surface area contributed by atoms with Gasteiger partial charge in [-0.05, 0) is 56.0 Å². The Kier molecular flexibility index (Phi) is 7.22. The van der Waals surface area contributed by atoms with E-state index in [2.05, 4.69) is 83.1 Å². The molecule has 3 atom stereocenters. The fourth-order valence-corrected chi connectivity index (χ4v) is 4.25. The van der Waals surface area contributed by atoms with E-state index in [9.17, 15) is 0 Å². The number of guanidine groups is 1. The summed E-state index contributed by atoms with van der Waals surface area (Å²) in [5, 5.41) is 11.4. The second-order valence-corrected chi connectivity index (χ2v) is 8.47. The highest BCUT2D eigenvalue weighted by atomic mass is 16.5. The predicted molar refractivity (Wildman–Crippen MR) is 129 cm³/mol. The number of hydrogen-bond donors (Lipinski definition) is 2. The molecule has 32 heavy (non-hydrogen) atoms. The average Bonchev–Trinajstić information content (AvgIpc) is 3.38. The number of aromatic nitrogens is 2. The molecule has 0 bridgehead atoms. The summed E-state index contributed by atoms with van der Waals surface area (Å²) in [7, 11) is 1.82. The first-order chi connectivity index (χ1) is 15.6.